The molecule has 0 aromatic heterocycles. The molecule has 28 heavy (non-hydrogen) atoms. The average molecular weight is 371 g/mol. The van der Waals surface area contributed by atoms with Crippen molar-refractivity contribution < 1.29 is 0 Å². The van der Waals surface area contributed by atoms with E-state index in [2.05, 4.69) is 66.4 Å². The third-order valence-corrected chi connectivity index (χ3v) is 6.26. The van der Waals surface area contributed by atoms with E-state index in [1.54, 1.807) is 12.3 Å². The summed E-state index contributed by atoms with van der Waals surface area (Å²) < 4.78 is 0. The predicted molar refractivity (Wildman–Crippen MR) is 121 cm³/mol. The second-order valence-corrected chi connectivity index (χ2v) is 8.21. The lowest BCUT2D eigenvalue weighted by molar-refractivity contribution is 0.204. The highest BCUT2D eigenvalue weighted by atomic mass is 15.1. The minimum absolute atomic E-state index is 0.696. The van der Waals surface area contributed by atoms with Gasteiger partial charge in [0, 0.05) is 12.8 Å². The van der Waals surface area contributed by atoms with Gasteiger partial charge < -0.3 is 0 Å². The van der Waals surface area contributed by atoms with E-state index in [1.807, 2.05) is 0 Å². The van der Waals surface area contributed by atoms with E-state index >= 15 is 0 Å². The first kappa shape index (κ1) is 18.9. The van der Waals surface area contributed by atoms with E-state index in [1.165, 1.54) is 52.7 Å². The van der Waals surface area contributed by atoms with Gasteiger partial charge in [0.1, 0.15) is 0 Å². The molecular formula is C26H30N2. The number of likely N-dealkylation sites (tertiary alicyclic amines) is 1. The molecule has 0 radical (unpaired) electrons. The van der Waals surface area contributed by atoms with Crippen LogP contribution in [0, 0.1) is 6.92 Å². The molecule has 2 heteroatoms. The second-order valence-electron chi connectivity index (χ2n) is 8.21. The molecule has 0 N–H and O–H groups in total. The minimum atomic E-state index is 0.696. The molecule has 0 spiro atoms. The molecule has 0 amide bonds. The van der Waals surface area contributed by atoms with Crippen molar-refractivity contribution in [2.45, 2.75) is 45.1 Å². The fourth-order valence-corrected chi connectivity index (χ4v) is 4.55. The maximum atomic E-state index is 4.50. The van der Waals surface area contributed by atoms with Gasteiger partial charge in [0.05, 0.1) is 5.69 Å². The van der Waals surface area contributed by atoms with Crippen LogP contribution in [0.25, 0.3) is 5.57 Å². The summed E-state index contributed by atoms with van der Waals surface area (Å²) >= 11 is 0. The predicted octanol–water partition coefficient (Wildman–Crippen LogP) is 6.22. The lowest BCUT2D eigenvalue weighted by Crippen LogP contribution is -2.32. The average Bonchev–Trinajstić information content (AvgIpc) is 3.09. The van der Waals surface area contributed by atoms with Gasteiger partial charge in [0.15, 0.2) is 0 Å². The number of hydrogen-bond donors (Lipinski definition) is 0. The molecule has 2 aromatic rings. The zero-order chi connectivity index (χ0) is 19.5. The molecule has 1 heterocycles. The molecule has 0 saturated carbocycles. The van der Waals surface area contributed by atoms with Gasteiger partial charge in [-0.05, 0) is 91.1 Å². The number of aliphatic imine (C=N–C) groups is 1. The molecule has 1 saturated heterocycles. The van der Waals surface area contributed by atoms with Gasteiger partial charge in [-0.2, -0.15) is 0 Å². The van der Waals surface area contributed by atoms with E-state index in [-0.39, 0.29) is 0 Å². The van der Waals surface area contributed by atoms with Crippen LogP contribution in [-0.4, -0.2) is 24.2 Å². The summed E-state index contributed by atoms with van der Waals surface area (Å²) in [5, 5.41) is 0. The Morgan fingerprint density at radius 3 is 2.71 bits per heavy atom. The van der Waals surface area contributed by atoms with Crippen LogP contribution in [0.1, 0.15) is 53.0 Å². The number of aryl methyl sites for hydroxylation is 2. The molecule has 0 bridgehead atoms. The monoisotopic (exact) mass is 370 g/mol. The quantitative estimate of drug-likeness (QED) is 0.570. The summed E-state index contributed by atoms with van der Waals surface area (Å²) in [6, 6.07) is 13.7. The van der Waals surface area contributed by atoms with Crippen LogP contribution in [0.15, 0.2) is 60.6 Å². The number of rotatable bonds is 5. The van der Waals surface area contributed by atoms with Crippen molar-refractivity contribution in [2.24, 2.45) is 4.99 Å². The van der Waals surface area contributed by atoms with Gasteiger partial charge >= 0.3 is 0 Å². The Labute approximate surface area is 169 Å². The summed E-state index contributed by atoms with van der Waals surface area (Å²) in [5.74, 6) is 0.696. The molecule has 1 aliphatic carbocycles. The summed E-state index contributed by atoms with van der Waals surface area (Å²) in [4.78, 5) is 7.08. The smallest absolute Gasteiger partial charge is 0.0661 e. The summed E-state index contributed by atoms with van der Waals surface area (Å²) in [7, 11) is 0. The SMILES string of the molecule is C=C/C=N\c1cc(CN2CCC(c3ccc4c(c3)CCC4=C)CC2)ccc1C. The highest BCUT2D eigenvalue weighted by Gasteiger charge is 2.23. The van der Waals surface area contributed by atoms with E-state index in [0.29, 0.717) is 5.92 Å². The van der Waals surface area contributed by atoms with Gasteiger partial charge in [-0.25, -0.2) is 0 Å². The van der Waals surface area contributed by atoms with E-state index in [9.17, 15) is 0 Å². The Bertz CT molecular complexity index is 914. The molecule has 0 unspecified atom stereocenters. The van der Waals surface area contributed by atoms with Crippen molar-refractivity contribution in [3.63, 3.8) is 0 Å². The Hall–Kier alpha value is -2.45. The number of allylic oxidation sites excluding steroid dienone is 2. The van der Waals surface area contributed by atoms with Crippen molar-refractivity contribution in [1.82, 2.24) is 4.90 Å². The van der Waals surface area contributed by atoms with Crippen LogP contribution in [0.2, 0.25) is 0 Å². The number of piperidine rings is 1. The first-order chi connectivity index (χ1) is 13.6. The number of hydrogen-bond acceptors (Lipinski definition) is 2. The molecule has 1 fully saturated rings. The highest BCUT2D eigenvalue weighted by Crippen LogP contribution is 2.35. The first-order valence-corrected chi connectivity index (χ1v) is 10.4. The minimum Gasteiger partial charge on any atom is -0.299 e. The Balaban J connectivity index is 1.38. The van der Waals surface area contributed by atoms with Gasteiger partial charge in [-0.15, -0.1) is 0 Å². The summed E-state index contributed by atoms with van der Waals surface area (Å²) in [6.45, 7) is 13.3. The van der Waals surface area contributed by atoms with Gasteiger partial charge in [0.2, 0.25) is 0 Å². The standard InChI is InChI=1S/C26H30N2/c1-4-13-27-26-16-21(7-5-20(26)3)18-28-14-11-22(12-15-28)23-9-10-25-19(2)6-8-24(25)17-23/h4-5,7,9-10,13,16-17,22H,1-2,6,8,11-12,14-15,18H2,3H3/b27-13-. The first-order valence-electron chi connectivity index (χ1n) is 10.4. The van der Waals surface area contributed by atoms with Crippen LogP contribution < -0.4 is 0 Å². The summed E-state index contributed by atoms with van der Waals surface area (Å²) in [5.41, 5.74) is 9.35. The van der Waals surface area contributed by atoms with Crippen molar-refractivity contribution in [3.05, 3.63) is 83.4 Å². The van der Waals surface area contributed by atoms with E-state index in [4.69, 9.17) is 0 Å². The van der Waals surface area contributed by atoms with Gasteiger partial charge in [-0.3, -0.25) is 9.89 Å². The number of fused-ring (bicyclic) bond motifs is 1. The molecule has 2 aliphatic rings. The van der Waals surface area contributed by atoms with E-state index in [0.717, 1.165) is 31.7 Å². The van der Waals surface area contributed by atoms with Crippen LogP contribution in [0.5, 0.6) is 0 Å². The molecular weight excluding hydrogens is 340 g/mol. The van der Waals surface area contributed by atoms with Crippen LogP contribution in [-0.2, 0) is 13.0 Å². The third-order valence-electron chi connectivity index (χ3n) is 6.26. The molecule has 4 rings (SSSR count). The van der Waals surface area contributed by atoms with Crippen molar-refractivity contribution >= 4 is 17.5 Å². The lowest BCUT2D eigenvalue weighted by Gasteiger charge is -2.32. The Morgan fingerprint density at radius 2 is 1.93 bits per heavy atom. The molecule has 2 aromatic carbocycles. The normalized spacial score (nSPS) is 18.0. The maximum Gasteiger partial charge on any atom is 0.0661 e. The number of nitrogens with zero attached hydrogens (tertiary/aromatic N) is 2. The van der Waals surface area contributed by atoms with Crippen molar-refractivity contribution in [2.75, 3.05) is 13.1 Å². The fraction of sp³-hybridized carbons (Fsp3) is 0.346. The third kappa shape index (κ3) is 4.02. The Morgan fingerprint density at radius 1 is 1.11 bits per heavy atom. The zero-order valence-corrected chi connectivity index (χ0v) is 17.0. The van der Waals surface area contributed by atoms with Crippen molar-refractivity contribution in [3.8, 4) is 0 Å². The lowest BCUT2D eigenvalue weighted by atomic mass is 9.87. The van der Waals surface area contributed by atoms with Gasteiger partial charge in [-0.1, -0.05) is 49.6 Å². The van der Waals surface area contributed by atoms with Crippen LogP contribution in [0.4, 0.5) is 5.69 Å². The molecule has 0 atom stereocenters. The fourth-order valence-electron chi connectivity index (χ4n) is 4.55. The maximum absolute atomic E-state index is 4.50. The highest BCUT2D eigenvalue weighted by molar-refractivity contribution is 5.74. The van der Waals surface area contributed by atoms with Crippen LogP contribution >= 0.6 is 0 Å². The van der Waals surface area contributed by atoms with Crippen LogP contribution in [0.3, 0.4) is 0 Å². The summed E-state index contributed by atoms with van der Waals surface area (Å²) in [6.07, 6.45) is 8.28. The number of benzene rings is 2. The van der Waals surface area contributed by atoms with Crippen molar-refractivity contribution in [1.29, 1.82) is 0 Å². The molecule has 2 nitrogen and oxygen atoms in total. The largest absolute Gasteiger partial charge is 0.299 e. The zero-order valence-electron chi connectivity index (χ0n) is 17.0. The van der Waals surface area contributed by atoms with E-state index < -0.39 is 0 Å². The molecule has 144 valence electrons. The topological polar surface area (TPSA) is 15.6 Å². The molecule has 1 aliphatic heterocycles. The Kier molecular flexibility index (Phi) is 5.59. The second kappa shape index (κ2) is 8.28. The van der Waals surface area contributed by atoms with Gasteiger partial charge in [0.25, 0.3) is 0 Å².